The van der Waals surface area contributed by atoms with Crippen molar-refractivity contribution >= 4 is 5.91 Å². The van der Waals surface area contributed by atoms with Crippen molar-refractivity contribution in [2.75, 3.05) is 46.9 Å². The fraction of sp³-hybridized carbons (Fsp3) is 0.800. The zero-order valence-corrected chi connectivity index (χ0v) is 33.6. The van der Waals surface area contributed by atoms with E-state index in [4.69, 9.17) is 9.47 Å². The van der Waals surface area contributed by atoms with Crippen molar-refractivity contribution in [3.05, 3.63) is 48.6 Å². The number of amides is 1. The Hall–Kier alpha value is -1.69. The maximum atomic E-state index is 12.9. The molecule has 0 radical (unpaired) electrons. The van der Waals surface area contributed by atoms with Gasteiger partial charge in [0, 0.05) is 39.3 Å². The van der Waals surface area contributed by atoms with Gasteiger partial charge in [-0.05, 0) is 91.1 Å². The Morgan fingerprint density at radius 3 is 1.28 bits per heavy atom. The van der Waals surface area contributed by atoms with Crippen LogP contribution in [0.25, 0.3) is 0 Å². The van der Waals surface area contributed by atoms with Gasteiger partial charge in [-0.2, -0.15) is 0 Å². The van der Waals surface area contributed by atoms with E-state index in [-0.39, 0.29) is 18.1 Å². The predicted octanol–water partition coefficient (Wildman–Crippen LogP) is 12.2. The molecular formula is C45H82N2O3. The third-order valence-corrected chi connectivity index (χ3v) is 9.69. The average Bonchev–Trinajstić information content (AvgIpc) is 3.52. The second kappa shape index (κ2) is 35.7. The van der Waals surface area contributed by atoms with E-state index < -0.39 is 0 Å². The van der Waals surface area contributed by atoms with Gasteiger partial charge in [-0.15, -0.1) is 0 Å². The van der Waals surface area contributed by atoms with E-state index in [0.29, 0.717) is 19.5 Å². The molecule has 0 aromatic rings. The molecule has 2 atom stereocenters. The van der Waals surface area contributed by atoms with E-state index in [2.05, 4.69) is 67.4 Å². The Balaban J connectivity index is 2.17. The predicted molar refractivity (Wildman–Crippen MR) is 218 cm³/mol. The minimum Gasteiger partial charge on any atom is -0.374 e. The van der Waals surface area contributed by atoms with E-state index in [1.165, 1.54) is 128 Å². The van der Waals surface area contributed by atoms with Gasteiger partial charge in [-0.3, -0.25) is 4.79 Å². The number of carbonyl (C=O) groups excluding carboxylic acids is 1. The lowest BCUT2D eigenvalue weighted by Crippen LogP contribution is -2.32. The summed E-state index contributed by atoms with van der Waals surface area (Å²) in [6.07, 6.45) is 49.2. The number of carbonyl (C=O) groups is 1. The lowest BCUT2D eigenvalue weighted by atomic mass is 10.1. The van der Waals surface area contributed by atoms with Crippen LogP contribution < -0.4 is 0 Å². The average molecular weight is 699 g/mol. The third kappa shape index (κ3) is 28.9. The largest absolute Gasteiger partial charge is 0.374 e. The molecule has 1 amide bonds. The van der Waals surface area contributed by atoms with Gasteiger partial charge in [0.25, 0.3) is 0 Å². The smallest absolute Gasteiger partial charge is 0.224 e. The summed E-state index contributed by atoms with van der Waals surface area (Å²) in [5.41, 5.74) is 0. The number of hydrogen-bond acceptors (Lipinski definition) is 4. The lowest BCUT2D eigenvalue weighted by Gasteiger charge is -2.19. The normalized spacial score (nSPS) is 16.9. The van der Waals surface area contributed by atoms with Crippen molar-refractivity contribution in [1.82, 2.24) is 9.80 Å². The van der Waals surface area contributed by atoms with Crippen LogP contribution in [0, 0.1) is 0 Å². The van der Waals surface area contributed by atoms with Crippen LogP contribution in [0.1, 0.15) is 174 Å². The molecule has 1 fully saturated rings. The first-order valence-electron chi connectivity index (χ1n) is 21.3. The molecule has 0 aliphatic carbocycles. The lowest BCUT2D eigenvalue weighted by molar-refractivity contribution is -0.131. The summed E-state index contributed by atoms with van der Waals surface area (Å²) in [4.78, 5) is 16.9. The van der Waals surface area contributed by atoms with Crippen molar-refractivity contribution in [2.24, 2.45) is 0 Å². The number of likely N-dealkylation sites (tertiary alicyclic amines) is 1. The summed E-state index contributed by atoms with van der Waals surface area (Å²) in [5, 5.41) is 0. The first kappa shape index (κ1) is 46.3. The van der Waals surface area contributed by atoms with Gasteiger partial charge in [-0.25, -0.2) is 0 Å². The molecule has 2 unspecified atom stereocenters. The molecule has 0 N–H and O–H groups in total. The quantitative estimate of drug-likeness (QED) is 0.0488. The Morgan fingerprint density at radius 1 is 0.540 bits per heavy atom. The summed E-state index contributed by atoms with van der Waals surface area (Å²) in [6.45, 7) is 8.18. The van der Waals surface area contributed by atoms with Gasteiger partial charge in [-0.1, -0.05) is 140 Å². The van der Waals surface area contributed by atoms with Crippen molar-refractivity contribution in [3.63, 3.8) is 0 Å². The number of hydrogen-bond donors (Lipinski definition) is 0. The van der Waals surface area contributed by atoms with Crippen LogP contribution in [-0.2, 0) is 14.3 Å². The fourth-order valence-electron chi connectivity index (χ4n) is 6.40. The summed E-state index contributed by atoms with van der Waals surface area (Å²) < 4.78 is 12.7. The topological polar surface area (TPSA) is 42.0 Å². The molecule has 290 valence electrons. The summed E-state index contributed by atoms with van der Waals surface area (Å²) in [7, 11) is 4.05. The molecule has 50 heavy (non-hydrogen) atoms. The highest BCUT2D eigenvalue weighted by Gasteiger charge is 2.36. The number of nitrogens with zero attached hydrogens (tertiary/aromatic N) is 2. The molecule has 1 heterocycles. The highest BCUT2D eigenvalue weighted by Crippen LogP contribution is 2.20. The van der Waals surface area contributed by atoms with Gasteiger partial charge < -0.3 is 19.3 Å². The van der Waals surface area contributed by atoms with Crippen molar-refractivity contribution in [3.8, 4) is 0 Å². The first-order chi connectivity index (χ1) is 24.6. The molecule has 1 aliphatic heterocycles. The van der Waals surface area contributed by atoms with Crippen LogP contribution in [0.4, 0.5) is 0 Å². The fourth-order valence-corrected chi connectivity index (χ4v) is 6.40. The van der Waals surface area contributed by atoms with E-state index >= 15 is 0 Å². The van der Waals surface area contributed by atoms with Crippen LogP contribution in [0.3, 0.4) is 0 Å². The second-order valence-corrected chi connectivity index (χ2v) is 14.8. The first-order valence-corrected chi connectivity index (χ1v) is 21.3. The maximum absolute atomic E-state index is 12.9. The molecule has 1 rings (SSSR count). The second-order valence-electron chi connectivity index (χ2n) is 14.8. The zero-order valence-electron chi connectivity index (χ0n) is 33.6. The molecule has 0 aromatic heterocycles. The molecule has 0 aromatic carbocycles. The van der Waals surface area contributed by atoms with Gasteiger partial charge >= 0.3 is 0 Å². The van der Waals surface area contributed by atoms with Crippen LogP contribution in [-0.4, -0.2) is 74.9 Å². The van der Waals surface area contributed by atoms with Gasteiger partial charge in [0.1, 0.15) is 12.2 Å². The molecule has 0 spiro atoms. The SMILES string of the molecule is CCCCC/C=C\C/C=C\CCCCCCCCOC1CN(C(=O)CCN(C)C)CC1OCCCCCCCC/C=C\C/C=C\CCCCC. The van der Waals surface area contributed by atoms with Crippen LogP contribution in [0.5, 0.6) is 0 Å². The number of allylic oxidation sites excluding steroid dienone is 8. The highest BCUT2D eigenvalue weighted by molar-refractivity contribution is 5.76. The Morgan fingerprint density at radius 2 is 0.900 bits per heavy atom. The zero-order chi connectivity index (χ0) is 36.2. The highest BCUT2D eigenvalue weighted by atomic mass is 16.5. The van der Waals surface area contributed by atoms with Crippen molar-refractivity contribution in [2.45, 2.75) is 187 Å². The van der Waals surface area contributed by atoms with Gasteiger partial charge in [0.15, 0.2) is 0 Å². The Labute approximate surface area is 311 Å². The minimum absolute atomic E-state index is 0.000817. The standard InChI is InChI=1S/C45H82N2O3/c1-5-7-9-11-13-15-17-19-21-23-25-27-29-31-33-35-39-49-43-41-47(45(48)37-38-46(3)4)42-44(43)50-40-36-34-32-30-28-26-24-22-20-18-16-14-12-10-8-6-2/h13-16,19-22,43-44H,5-12,17-18,23-42H2,1-4H3/b15-13-,16-14-,21-19-,22-20-. The molecule has 1 saturated heterocycles. The van der Waals surface area contributed by atoms with Gasteiger partial charge in [0.2, 0.25) is 5.91 Å². The van der Waals surface area contributed by atoms with Crippen LogP contribution in [0.2, 0.25) is 0 Å². The van der Waals surface area contributed by atoms with E-state index in [0.717, 1.165) is 45.4 Å². The van der Waals surface area contributed by atoms with E-state index in [9.17, 15) is 4.79 Å². The summed E-state index contributed by atoms with van der Waals surface area (Å²) in [5.74, 6) is 0.223. The molecule has 0 bridgehead atoms. The maximum Gasteiger partial charge on any atom is 0.224 e. The molecular weight excluding hydrogens is 617 g/mol. The molecule has 5 heteroatoms. The molecule has 0 saturated carbocycles. The Kier molecular flexibility index (Phi) is 33.1. The number of ether oxygens (including phenoxy) is 2. The monoisotopic (exact) mass is 699 g/mol. The summed E-state index contributed by atoms with van der Waals surface area (Å²) >= 11 is 0. The van der Waals surface area contributed by atoms with Crippen LogP contribution >= 0.6 is 0 Å². The summed E-state index contributed by atoms with van der Waals surface area (Å²) in [6, 6.07) is 0. The third-order valence-electron chi connectivity index (χ3n) is 9.69. The minimum atomic E-state index is 0.000817. The Bertz CT molecular complexity index is 806. The van der Waals surface area contributed by atoms with Crippen LogP contribution in [0.15, 0.2) is 48.6 Å². The molecule has 5 nitrogen and oxygen atoms in total. The van der Waals surface area contributed by atoms with Crippen molar-refractivity contribution < 1.29 is 14.3 Å². The van der Waals surface area contributed by atoms with E-state index in [1.54, 1.807) is 0 Å². The molecule has 1 aliphatic rings. The van der Waals surface area contributed by atoms with Gasteiger partial charge in [0.05, 0.1) is 0 Å². The van der Waals surface area contributed by atoms with Crippen molar-refractivity contribution in [1.29, 1.82) is 0 Å². The number of unbranched alkanes of at least 4 members (excludes halogenated alkanes) is 18. The van der Waals surface area contributed by atoms with E-state index in [1.807, 2.05) is 19.0 Å². The number of rotatable bonds is 35.